The second kappa shape index (κ2) is 6.12. The summed E-state index contributed by atoms with van der Waals surface area (Å²) in [5.41, 5.74) is 1.33. The molecule has 1 aliphatic rings. The maximum atomic E-state index is 12.7. The van der Waals surface area contributed by atoms with Gasteiger partial charge in [-0.05, 0) is 62.2 Å². The number of benzene rings is 2. The number of nitrogens with one attached hydrogen (secondary N) is 2. The predicted molar refractivity (Wildman–Crippen MR) is 98.3 cm³/mol. The Morgan fingerprint density at radius 1 is 1.16 bits per heavy atom. The third kappa shape index (κ3) is 3.29. The number of amides is 1. The van der Waals surface area contributed by atoms with E-state index in [0.29, 0.717) is 16.3 Å². The van der Waals surface area contributed by atoms with Gasteiger partial charge in [-0.2, -0.15) is 0 Å². The van der Waals surface area contributed by atoms with E-state index < -0.39 is 21.5 Å². The Bertz CT molecular complexity index is 955. The first-order valence-electron chi connectivity index (χ1n) is 7.85. The van der Waals surface area contributed by atoms with E-state index in [1.165, 1.54) is 6.07 Å². The Hall–Kier alpha value is -1.89. The second-order valence-electron chi connectivity index (χ2n) is 6.68. The molecule has 2 aromatic rings. The quantitative estimate of drug-likeness (QED) is 0.853. The molecule has 7 heteroatoms. The first kappa shape index (κ1) is 17.9. The maximum Gasteiger partial charge on any atom is 0.241 e. The van der Waals surface area contributed by atoms with Crippen LogP contribution in [0.15, 0.2) is 47.4 Å². The zero-order valence-electron chi connectivity index (χ0n) is 14.1. The van der Waals surface area contributed by atoms with E-state index >= 15 is 0 Å². The number of hydrogen-bond acceptors (Lipinski definition) is 3. The summed E-state index contributed by atoms with van der Waals surface area (Å²) in [5.74, 6) is -0.141. The van der Waals surface area contributed by atoms with Gasteiger partial charge in [-0.1, -0.05) is 23.7 Å². The Morgan fingerprint density at radius 2 is 1.88 bits per heavy atom. The van der Waals surface area contributed by atoms with Gasteiger partial charge in [-0.3, -0.25) is 4.79 Å². The molecule has 2 aromatic carbocycles. The lowest BCUT2D eigenvalue weighted by atomic mass is 9.86. The second-order valence-corrected chi connectivity index (χ2v) is 8.83. The van der Waals surface area contributed by atoms with Crippen LogP contribution in [0.25, 0.3) is 0 Å². The average Bonchev–Trinajstić information content (AvgIpc) is 2.76. The third-order valence-corrected chi connectivity index (χ3v) is 6.24. The van der Waals surface area contributed by atoms with Gasteiger partial charge in [0, 0.05) is 16.8 Å². The van der Waals surface area contributed by atoms with Crippen LogP contribution in [0.5, 0.6) is 0 Å². The minimum Gasteiger partial charge on any atom is -0.325 e. The lowest BCUT2D eigenvalue weighted by molar-refractivity contribution is -0.119. The molecule has 0 aromatic heterocycles. The Morgan fingerprint density at radius 3 is 2.56 bits per heavy atom. The molecule has 0 radical (unpaired) electrons. The lowest BCUT2D eigenvalue weighted by Crippen LogP contribution is -2.28. The first-order valence-corrected chi connectivity index (χ1v) is 9.71. The molecule has 132 valence electrons. The molecule has 1 atom stereocenters. The molecule has 25 heavy (non-hydrogen) atoms. The van der Waals surface area contributed by atoms with Crippen molar-refractivity contribution >= 4 is 33.2 Å². The van der Waals surface area contributed by atoms with E-state index in [1.807, 2.05) is 6.07 Å². The van der Waals surface area contributed by atoms with Crippen LogP contribution >= 0.6 is 11.6 Å². The molecule has 0 aliphatic carbocycles. The maximum absolute atomic E-state index is 12.7. The highest BCUT2D eigenvalue weighted by Gasteiger charge is 2.39. The smallest absolute Gasteiger partial charge is 0.241 e. The predicted octanol–water partition coefficient (Wildman–Crippen LogP) is 3.61. The Balaban J connectivity index is 1.91. The third-order valence-electron chi connectivity index (χ3n) is 4.47. The van der Waals surface area contributed by atoms with Crippen LogP contribution in [-0.4, -0.2) is 14.3 Å². The van der Waals surface area contributed by atoms with Crippen LogP contribution in [0, 0.1) is 0 Å². The average molecular weight is 379 g/mol. The van der Waals surface area contributed by atoms with Crippen LogP contribution in [0.3, 0.4) is 0 Å². The number of hydrogen-bond donors (Lipinski definition) is 2. The van der Waals surface area contributed by atoms with Crippen molar-refractivity contribution in [2.45, 2.75) is 37.1 Å². The van der Waals surface area contributed by atoms with Crippen molar-refractivity contribution in [1.29, 1.82) is 0 Å². The summed E-state index contributed by atoms with van der Waals surface area (Å²) in [6.07, 6.45) is 0. The lowest BCUT2D eigenvalue weighted by Gasteiger charge is -2.18. The summed E-state index contributed by atoms with van der Waals surface area (Å²) in [4.78, 5) is 12.1. The molecule has 5 nitrogen and oxygen atoms in total. The normalized spacial score (nSPS) is 17.0. The van der Waals surface area contributed by atoms with Crippen LogP contribution < -0.4 is 10.0 Å². The van der Waals surface area contributed by atoms with Crippen molar-refractivity contribution in [3.8, 4) is 0 Å². The summed E-state index contributed by atoms with van der Waals surface area (Å²) in [6, 6.07) is 11.3. The van der Waals surface area contributed by atoms with E-state index in [1.54, 1.807) is 51.1 Å². The topological polar surface area (TPSA) is 75.3 Å². The molecule has 3 rings (SSSR count). The van der Waals surface area contributed by atoms with E-state index in [0.717, 1.165) is 5.56 Å². The van der Waals surface area contributed by atoms with E-state index in [9.17, 15) is 13.2 Å². The number of anilines is 1. The molecule has 0 fully saturated rings. The molecule has 0 spiro atoms. The highest BCUT2D eigenvalue weighted by Crippen LogP contribution is 2.38. The molecular weight excluding hydrogens is 360 g/mol. The molecule has 2 N–H and O–H groups in total. The zero-order chi connectivity index (χ0) is 18.4. The van der Waals surface area contributed by atoms with Gasteiger partial charge in [-0.25, -0.2) is 13.1 Å². The molecule has 1 amide bonds. The van der Waals surface area contributed by atoms with Gasteiger partial charge in [0.15, 0.2) is 0 Å². The zero-order valence-corrected chi connectivity index (χ0v) is 15.7. The fraction of sp³-hybridized carbons (Fsp3) is 0.278. The monoisotopic (exact) mass is 378 g/mol. The summed E-state index contributed by atoms with van der Waals surface area (Å²) in [5, 5.41) is 3.32. The van der Waals surface area contributed by atoms with Gasteiger partial charge in [0.25, 0.3) is 0 Å². The SMILES string of the molecule is C[C@@H](NS(=O)(=O)c1ccc2c(c1)C(C)(C)C(=O)N2)c1cccc(Cl)c1. The van der Waals surface area contributed by atoms with Gasteiger partial charge in [0.2, 0.25) is 15.9 Å². The molecule has 0 unspecified atom stereocenters. The van der Waals surface area contributed by atoms with E-state index in [2.05, 4.69) is 10.0 Å². The number of rotatable bonds is 4. The summed E-state index contributed by atoms with van der Waals surface area (Å²) < 4.78 is 28.1. The summed E-state index contributed by atoms with van der Waals surface area (Å²) in [7, 11) is -3.74. The fourth-order valence-corrected chi connectivity index (χ4v) is 4.32. The number of carbonyl (C=O) groups is 1. The number of carbonyl (C=O) groups excluding carboxylic acids is 1. The molecule has 1 aliphatic heterocycles. The highest BCUT2D eigenvalue weighted by atomic mass is 35.5. The minimum absolute atomic E-state index is 0.129. The van der Waals surface area contributed by atoms with Crippen molar-refractivity contribution in [3.05, 3.63) is 58.6 Å². The van der Waals surface area contributed by atoms with Crippen molar-refractivity contribution in [2.24, 2.45) is 0 Å². The largest absolute Gasteiger partial charge is 0.325 e. The van der Waals surface area contributed by atoms with Gasteiger partial charge in [0.1, 0.15) is 0 Å². The van der Waals surface area contributed by atoms with Gasteiger partial charge >= 0.3 is 0 Å². The van der Waals surface area contributed by atoms with Crippen LogP contribution in [-0.2, 0) is 20.2 Å². The molecule has 0 bridgehead atoms. The number of sulfonamides is 1. The molecule has 0 saturated carbocycles. The van der Waals surface area contributed by atoms with Gasteiger partial charge < -0.3 is 5.32 Å². The number of halogens is 1. The van der Waals surface area contributed by atoms with Crippen molar-refractivity contribution in [1.82, 2.24) is 4.72 Å². The fourth-order valence-electron chi connectivity index (χ4n) is 2.86. The standard InChI is InChI=1S/C18H19ClN2O3S/c1-11(12-5-4-6-13(19)9-12)21-25(23,24)14-7-8-16-15(10-14)18(2,3)17(22)20-16/h4-11,21H,1-3H3,(H,20,22)/t11-/m1/s1. The molecular formula is C18H19ClN2O3S. The van der Waals surface area contributed by atoms with E-state index in [-0.39, 0.29) is 10.8 Å². The summed E-state index contributed by atoms with van der Waals surface area (Å²) >= 11 is 5.97. The van der Waals surface area contributed by atoms with E-state index in [4.69, 9.17) is 11.6 Å². The molecule has 0 saturated heterocycles. The van der Waals surface area contributed by atoms with Crippen molar-refractivity contribution < 1.29 is 13.2 Å². The van der Waals surface area contributed by atoms with Crippen molar-refractivity contribution in [2.75, 3.05) is 5.32 Å². The van der Waals surface area contributed by atoms with Gasteiger partial charge in [-0.15, -0.1) is 0 Å². The summed E-state index contributed by atoms with van der Waals surface area (Å²) in [6.45, 7) is 5.30. The Labute approximate surface area is 152 Å². The van der Waals surface area contributed by atoms with Crippen LogP contribution in [0.4, 0.5) is 5.69 Å². The Kier molecular flexibility index (Phi) is 4.39. The number of fused-ring (bicyclic) bond motifs is 1. The van der Waals surface area contributed by atoms with Crippen LogP contribution in [0.2, 0.25) is 5.02 Å². The van der Waals surface area contributed by atoms with Gasteiger partial charge in [0.05, 0.1) is 10.3 Å². The highest BCUT2D eigenvalue weighted by molar-refractivity contribution is 7.89. The first-order chi connectivity index (χ1) is 11.6. The van der Waals surface area contributed by atoms with Crippen molar-refractivity contribution in [3.63, 3.8) is 0 Å². The minimum atomic E-state index is -3.74. The van der Waals surface area contributed by atoms with Crippen LogP contribution in [0.1, 0.15) is 37.9 Å². The molecule has 1 heterocycles.